The van der Waals surface area contributed by atoms with Gasteiger partial charge < -0.3 is 9.15 Å². The van der Waals surface area contributed by atoms with Crippen LogP contribution in [0.3, 0.4) is 0 Å². The largest absolute Gasteiger partial charge is 0.497 e. The molecule has 1 aromatic carbocycles. The van der Waals surface area contributed by atoms with Gasteiger partial charge >= 0.3 is 0 Å². The summed E-state index contributed by atoms with van der Waals surface area (Å²) in [5.41, 5.74) is 1.90. The molecule has 0 saturated heterocycles. The van der Waals surface area contributed by atoms with E-state index in [0.29, 0.717) is 11.2 Å². The van der Waals surface area contributed by atoms with Gasteiger partial charge in [-0.1, -0.05) is 11.6 Å². The molecule has 2 aromatic heterocycles. The van der Waals surface area contributed by atoms with Crippen LogP contribution < -0.4 is 4.74 Å². The fourth-order valence-electron chi connectivity index (χ4n) is 2.98. The van der Waals surface area contributed by atoms with E-state index in [1.807, 2.05) is 30.3 Å². The molecule has 1 aliphatic carbocycles. The van der Waals surface area contributed by atoms with E-state index in [0.717, 1.165) is 41.1 Å². The lowest BCUT2D eigenvalue weighted by Gasteiger charge is -2.21. The van der Waals surface area contributed by atoms with E-state index in [9.17, 15) is 0 Å². The van der Waals surface area contributed by atoms with Crippen LogP contribution in [0.1, 0.15) is 24.2 Å². The second-order valence-corrected chi connectivity index (χ2v) is 6.57. The first-order chi connectivity index (χ1) is 11.7. The smallest absolute Gasteiger partial charge is 0.134 e. The number of rotatable bonds is 6. The minimum absolute atomic E-state index is 0.556. The standard InChI is InChI=1S/C19H19ClN2O2/c1-23-16-7-4-13-9-14(19(20)21-18(13)10-16)11-22(15-5-6-15)12-17-3-2-8-24-17/h2-4,7-10,15H,5-6,11-12H2,1H3. The van der Waals surface area contributed by atoms with Crippen molar-refractivity contribution in [3.8, 4) is 5.75 Å². The van der Waals surface area contributed by atoms with Crippen LogP contribution in [0, 0.1) is 0 Å². The molecule has 0 radical (unpaired) electrons. The maximum Gasteiger partial charge on any atom is 0.134 e. The zero-order valence-corrected chi connectivity index (χ0v) is 14.3. The third-order valence-corrected chi connectivity index (χ3v) is 4.75. The van der Waals surface area contributed by atoms with Crippen molar-refractivity contribution in [2.45, 2.75) is 32.0 Å². The van der Waals surface area contributed by atoms with E-state index < -0.39 is 0 Å². The first kappa shape index (κ1) is 15.5. The fourth-order valence-corrected chi connectivity index (χ4v) is 3.19. The fraction of sp³-hybridized carbons (Fsp3) is 0.316. The summed E-state index contributed by atoms with van der Waals surface area (Å²) in [6.07, 6.45) is 4.19. The molecular weight excluding hydrogens is 324 g/mol. The Labute approximate surface area is 146 Å². The van der Waals surface area contributed by atoms with Crippen molar-refractivity contribution >= 4 is 22.5 Å². The number of furan rings is 1. The lowest BCUT2D eigenvalue weighted by Crippen LogP contribution is -2.25. The molecule has 0 atom stereocenters. The number of hydrogen-bond donors (Lipinski definition) is 0. The molecule has 1 saturated carbocycles. The highest BCUT2D eigenvalue weighted by atomic mass is 35.5. The number of halogens is 1. The second-order valence-electron chi connectivity index (χ2n) is 6.21. The normalized spacial score (nSPS) is 14.5. The average Bonchev–Trinajstić information content (AvgIpc) is 3.31. The van der Waals surface area contributed by atoms with Gasteiger partial charge in [0.25, 0.3) is 0 Å². The van der Waals surface area contributed by atoms with Crippen molar-refractivity contribution in [2.24, 2.45) is 0 Å². The summed E-state index contributed by atoms with van der Waals surface area (Å²) < 4.78 is 10.8. The van der Waals surface area contributed by atoms with Crippen molar-refractivity contribution in [2.75, 3.05) is 7.11 Å². The van der Waals surface area contributed by atoms with E-state index in [4.69, 9.17) is 20.8 Å². The third-order valence-electron chi connectivity index (χ3n) is 4.43. The van der Waals surface area contributed by atoms with Gasteiger partial charge in [-0.25, -0.2) is 4.98 Å². The van der Waals surface area contributed by atoms with Crippen LogP contribution in [-0.2, 0) is 13.1 Å². The molecule has 0 amide bonds. The van der Waals surface area contributed by atoms with Gasteiger partial charge in [-0.3, -0.25) is 4.90 Å². The van der Waals surface area contributed by atoms with E-state index >= 15 is 0 Å². The van der Waals surface area contributed by atoms with Gasteiger partial charge in [0, 0.05) is 29.6 Å². The molecule has 2 heterocycles. The Bertz CT molecular complexity index is 844. The molecular formula is C19H19ClN2O2. The Balaban J connectivity index is 1.61. The van der Waals surface area contributed by atoms with Crippen molar-refractivity contribution in [3.05, 3.63) is 59.1 Å². The summed E-state index contributed by atoms with van der Waals surface area (Å²) in [4.78, 5) is 6.96. The molecule has 3 aromatic rings. The first-order valence-electron chi connectivity index (χ1n) is 8.12. The Morgan fingerprint density at radius 1 is 1.25 bits per heavy atom. The van der Waals surface area contributed by atoms with Crippen molar-refractivity contribution in [3.63, 3.8) is 0 Å². The lowest BCUT2D eigenvalue weighted by atomic mass is 10.1. The third kappa shape index (κ3) is 3.25. The zero-order chi connectivity index (χ0) is 16.5. The van der Waals surface area contributed by atoms with Gasteiger partial charge in [-0.2, -0.15) is 0 Å². The monoisotopic (exact) mass is 342 g/mol. The van der Waals surface area contributed by atoms with Crippen LogP contribution in [0.15, 0.2) is 47.1 Å². The Kier molecular flexibility index (Phi) is 4.17. The number of methoxy groups -OCH3 is 1. The molecule has 0 aliphatic heterocycles. The minimum Gasteiger partial charge on any atom is -0.497 e. The van der Waals surface area contributed by atoms with Gasteiger partial charge in [0.2, 0.25) is 0 Å². The summed E-state index contributed by atoms with van der Waals surface area (Å²) in [7, 11) is 1.65. The zero-order valence-electron chi connectivity index (χ0n) is 13.5. The molecule has 24 heavy (non-hydrogen) atoms. The van der Waals surface area contributed by atoms with Gasteiger partial charge in [0.05, 0.1) is 25.4 Å². The molecule has 4 rings (SSSR count). The summed E-state index contributed by atoms with van der Waals surface area (Å²) in [6, 6.07) is 12.6. The number of hydrogen-bond acceptors (Lipinski definition) is 4. The molecule has 4 nitrogen and oxygen atoms in total. The highest BCUT2D eigenvalue weighted by Gasteiger charge is 2.30. The van der Waals surface area contributed by atoms with Gasteiger partial charge in [0.1, 0.15) is 16.7 Å². The Morgan fingerprint density at radius 2 is 2.12 bits per heavy atom. The Hall–Kier alpha value is -2.04. The maximum absolute atomic E-state index is 6.45. The Morgan fingerprint density at radius 3 is 2.83 bits per heavy atom. The molecule has 5 heteroatoms. The molecule has 0 N–H and O–H groups in total. The summed E-state index contributed by atoms with van der Waals surface area (Å²) in [6.45, 7) is 1.58. The average molecular weight is 343 g/mol. The van der Waals surface area contributed by atoms with Crippen molar-refractivity contribution < 1.29 is 9.15 Å². The number of aromatic nitrogens is 1. The van der Waals surface area contributed by atoms with E-state index in [1.54, 1.807) is 13.4 Å². The minimum atomic E-state index is 0.556. The highest BCUT2D eigenvalue weighted by molar-refractivity contribution is 6.30. The van der Waals surface area contributed by atoms with Crippen LogP contribution in [0.4, 0.5) is 0 Å². The SMILES string of the molecule is COc1ccc2cc(CN(Cc3ccco3)C3CC3)c(Cl)nc2c1. The number of nitrogens with zero attached hydrogens (tertiary/aromatic N) is 2. The number of benzene rings is 1. The predicted molar refractivity (Wildman–Crippen MR) is 94.3 cm³/mol. The van der Waals surface area contributed by atoms with Crippen molar-refractivity contribution in [1.82, 2.24) is 9.88 Å². The molecule has 0 spiro atoms. The predicted octanol–water partition coefficient (Wildman–Crippen LogP) is 4.65. The molecule has 1 fully saturated rings. The number of ether oxygens (including phenoxy) is 1. The highest BCUT2D eigenvalue weighted by Crippen LogP contribution is 2.32. The molecule has 1 aliphatic rings. The number of fused-ring (bicyclic) bond motifs is 1. The maximum atomic E-state index is 6.45. The van der Waals surface area contributed by atoms with Crippen LogP contribution in [0.2, 0.25) is 5.15 Å². The first-order valence-corrected chi connectivity index (χ1v) is 8.50. The van der Waals surface area contributed by atoms with Gasteiger partial charge in [-0.15, -0.1) is 0 Å². The van der Waals surface area contributed by atoms with E-state index in [1.165, 1.54) is 12.8 Å². The van der Waals surface area contributed by atoms with E-state index in [2.05, 4.69) is 16.0 Å². The van der Waals surface area contributed by atoms with Crippen molar-refractivity contribution in [1.29, 1.82) is 0 Å². The van der Waals surface area contributed by atoms with Crippen LogP contribution in [0.25, 0.3) is 10.9 Å². The molecule has 124 valence electrons. The second kappa shape index (κ2) is 6.46. The summed E-state index contributed by atoms with van der Waals surface area (Å²) >= 11 is 6.45. The molecule has 0 unspecified atom stereocenters. The van der Waals surface area contributed by atoms with Crippen LogP contribution in [-0.4, -0.2) is 23.0 Å². The topological polar surface area (TPSA) is 38.5 Å². The quantitative estimate of drug-likeness (QED) is 0.611. The lowest BCUT2D eigenvalue weighted by molar-refractivity contribution is 0.225. The van der Waals surface area contributed by atoms with E-state index in [-0.39, 0.29) is 0 Å². The van der Waals surface area contributed by atoms with Gasteiger partial charge in [-0.05, 0) is 43.2 Å². The summed E-state index contributed by atoms with van der Waals surface area (Å²) in [5, 5.41) is 1.63. The summed E-state index contributed by atoms with van der Waals surface area (Å²) in [5.74, 6) is 1.77. The van der Waals surface area contributed by atoms with Crippen LogP contribution in [0.5, 0.6) is 5.75 Å². The number of pyridine rings is 1. The molecule has 0 bridgehead atoms. The van der Waals surface area contributed by atoms with Crippen LogP contribution >= 0.6 is 11.6 Å². The van der Waals surface area contributed by atoms with Gasteiger partial charge in [0.15, 0.2) is 0 Å².